The number of carbonyl (C=O) groups excluding carboxylic acids is 2. The second kappa shape index (κ2) is 4.67. The summed E-state index contributed by atoms with van der Waals surface area (Å²) in [7, 11) is 1.34. The number of ketones is 1. The summed E-state index contributed by atoms with van der Waals surface area (Å²) in [5.74, 6) is -0.288. The quantitative estimate of drug-likeness (QED) is 0.589. The van der Waals surface area contributed by atoms with Crippen LogP contribution in [0.2, 0.25) is 0 Å². The number of methoxy groups -OCH3 is 1. The molecule has 1 aromatic rings. The molecule has 1 fully saturated rings. The van der Waals surface area contributed by atoms with Crippen LogP contribution in [-0.2, 0) is 14.3 Å². The summed E-state index contributed by atoms with van der Waals surface area (Å²) in [4.78, 5) is 22.8. The predicted molar refractivity (Wildman–Crippen MR) is 60.7 cm³/mol. The van der Waals surface area contributed by atoms with Crippen molar-refractivity contribution in [2.75, 3.05) is 7.11 Å². The summed E-state index contributed by atoms with van der Waals surface area (Å²) in [6.45, 7) is 1.81. The minimum absolute atomic E-state index is 0.0958. The molecule has 90 valence electrons. The van der Waals surface area contributed by atoms with Gasteiger partial charge in [0.05, 0.1) is 12.7 Å². The van der Waals surface area contributed by atoms with Crippen molar-refractivity contribution >= 4 is 11.8 Å². The molecule has 2 unspecified atom stereocenters. The van der Waals surface area contributed by atoms with E-state index in [-0.39, 0.29) is 24.0 Å². The van der Waals surface area contributed by atoms with Crippen molar-refractivity contribution in [3.63, 3.8) is 0 Å². The zero-order valence-electron chi connectivity index (χ0n) is 9.80. The molecule has 0 spiro atoms. The molecule has 1 aliphatic heterocycles. The lowest BCUT2D eigenvalue weighted by atomic mass is 10.0. The van der Waals surface area contributed by atoms with Crippen LogP contribution >= 0.6 is 0 Å². The summed E-state index contributed by atoms with van der Waals surface area (Å²) >= 11 is 0. The smallest absolute Gasteiger partial charge is 0.337 e. The highest BCUT2D eigenvalue weighted by molar-refractivity contribution is 5.90. The Hall–Kier alpha value is -1.68. The van der Waals surface area contributed by atoms with Crippen molar-refractivity contribution in [3.05, 3.63) is 35.4 Å². The average Bonchev–Trinajstić information content (AvgIpc) is 3.17. The van der Waals surface area contributed by atoms with E-state index in [1.807, 2.05) is 13.0 Å². The van der Waals surface area contributed by atoms with Crippen molar-refractivity contribution in [2.45, 2.75) is 25.6 Å². The van der Waals surface area contributed by atoms with E-state index in [2.05, 4.69) is 4.74 Å². The van der Waals surface area contributed by atoms with Crippen molar-refractivity contribution in [1.82, 2.24) is 0 Å². The molecule has 0 bridgehead atoms. The van der Waals surface area contributed by atoms with E-state index < -0.39 is 0 Å². The molecule has 1 heterocycles. The minimum atomic E-state index is -0.383. The van der Waals surface area contributed by atoms with Crippen LogP contribution in [0.1, 0.15) is 35.4 Å². The van der Waals surface area contributed by atoms with E-state index >= 15 is 0 Å². The molecule has 0 aliphatic carbocycles. The highest BCUT2D eigenvalue weighted by atomic mass is 16.6. The van der Waals surface area contributed by atoms with Gasteiger partial charge in [0, 0.05) is 6.42 Å². The summed E-state index contributed by atoms with van der Waals surface area (Å²) in [6, 6.07) is 6.99. The lowest BCUT2D eigenvalue weighted by molar-refractivity contribution is -0.119. The van der Waals surface area contributed by atoms with E-state index in [1.54, 1.807) is 18.2 Å². The molecule has 1 aromatic carbocycles. The lowest BCUT2D eigenvalue weighted by Gasteiger charge is -2.01. The Morgan fingerprint density at radius 2 is 2.18 bits per heavy atom. The van der Waals surface area contributed by atoms with Crippen LogP contribution in [0.3, 0.4) is 0 Å². The van der Waals surface area contributed by atoms with Crippen LogP contribution in [0, 0.1) is 0 Å². The van der Waals surface area contributed by atoms with Gasteiger partial charge in [-0.25, -0.2) is 4.79 Å². The van der Waals surface area contributed by atoms with Crippen molar-refractivity contribution in [3.8, 4) is 0 Å². The van der Waals surface area contributed by atoms with Crippen LogP contribution in [0.25, 0.3) is 0 Å². The number of benzene rings is 1. The maximum absolute atomic E-state index is 11.4. The minimum Gasteiger partial charge on any atom is -0.465 e. The van der Waals surface area contributed by atoms with E-state index in [1.165, 1.54) is 7.11 Å². The molecule has 0 radical (unpaired) electrons. The molecule has 1 aliphatic rings. The summed E-state index contributed by atoms with van der Waals surface area (Å²) in [5, 5.41) is 0. The molecule has 0 amide bonds. The number of esters is 1. The molecule has 0 saturated carbocycles. The number of epoxide rings is 1. The Morgan fingerprint density at radius 3 is 2.82 bits per heavy atom. The van der Waals surface area contributed by atoms with Crippen molar-refractivity contribution in [2.24, 2.45) is 0 Å². The fourth-order valence-electron chi connectivity index (χ4n) is 1.77. The molecule has 1 saturated heterocycles. The Balaban J connectivity index is 2.13. The molecule has 17 heavy (non-hydrogen) atoms. The van der Waals surface area contributed by atoms with Gasteiger partial charge in [0.1, 0.15) is 12.2 Å². The van der Waals surface area contributed by atoms with Gasteiger partial charge in [-0.1, -0.05) is 19.1 Å². The largest absolute Gasteiger partial charge is 0.465 e. The van der Waals surface area contributed by atoms with Crippen LogP contribution in [-0.4, -0.2) is 25.0 Å². The Labute approximate surface area is 99.5 Å². The monoisotopic (exact) mass is 234 g/mol. The fraction of sp³-hybridized carbons (Fsp3) is 0.385. The zero-order valence-corrected chi connectivity index (χ0v) is 9.80. The van der Waals surface area contributed by atoms with Crippen LogP contribution in [0.5, 0.6) is 0 Å². The Morgan fingerprint density at radius 1 is 1.41 bits per heavy atom. The van der Waals surface area contributed by atoms with Gasteiger partial charge in [0.15, 0.2) is 5.78 Å². The van der Waals surface area contributed by atoms with Gasteiger partial charge in [-0.2, -0.15) is 0 Å². The van der Waals surface area contributed by atoms with Gasteiger partial charge in [-0.05, 0) is 17.7 Å². The van der Waals surface area contributed by atoms with E-state index in [0.29, 0.717) is 12.0 Å². The molecule has 2 atom stereocenters. The maximum atomic E-state index is 11.4. The summed E-state index contributed by atoms with van der Waals surface area (Å²) in [6.07, 6.45) is -0.0716. The molecule has 2 rings (SSSR count). The second-order valence-corrected chi connectivity index (χ2v) is 3.91. The third kappa shape index (κ3) is 2.36. The first-order valence-corrected chi connectivity index (χ1v) is 5.53. The topological polar surface area (TPSA) is 55.9 Å². The van der Waals surface area contributed by atoms with E-state index in [4.69, 9.17) is 4.74 Å². The zero-order chi connectivity index (χ0) is 12.4. The second-order valence-electron chi connectivity index (χ2n) is 3.91. The van der Waals surface area contributed by atoms with E-state index in [9.17, 15) is 9.59 Å². The van der Waals surface area contributed by atoms with E-state index in [0.717, 1.165) is 5.56 Å². The molecular weight excluding hydrogens is 220 g/mol. The maximum Gasteiger partial charge on any atom is 0.337 e. The third-order valence-electron chi connectivity index (χ3n) is 2.79. The molecule has 4 nitrogen and oxygen atoms in total. The van der Waals surface area contributed by atoms with Gasteiger partial charge in [-0.15, -0.1) is 0 Å². The molecule has 0 N–H and O–H groups in total. The van der Waals surface area contributed by atoms with Gasteiger partial charge in [-0.3, -0.25) is 4.79 Å². The van der Waals surface area contributed by atoms with Gasteiger partial charge >= 0.3 is 5.97 Å². The number of carbonyl (C=O) groups is 2. The van der Waals surface area contributed by atoms with Crippen molar-refractivity contribution in [1.29, 1.82) is 0 Å². The number of ether oxygens (including phenoxy) is 2. The highest BCUT2D eigenvalue weighted by Crippen LogP contribution is 2.39. The molecule has 4 heteroatoms. The number of hydrogen-bond donors (Lipinski definition) is 0. The molecular formula is C13H14O4. The summed E-state index contributed by atoms with van der Waals surface area (Å²) in [5.41, 5.74) is 1.32. The van der Waals surface area contributed by atoms with Gasteiger partial charge in [0.25, 0.3) is 0 Å². The third-order valence-corrected chi connectivity index (χ3v) is 2.79. The van der Waals surface area contributed by atoms with Gasteiger partial charge in [0.2, 0.25) is 0 Å². The Kier molecular flexibility index (Phi) is 3.24. The number of hydrogen-bond acceptors (Lipinski definition) is 4. The predicted octanol–water partition coefficient (Wildman–Crippen LogP) is 1.89. The highest BCUT2D eigenvalue weighted by Gasteiger charge is 2.44. The van der Waals surface area contributed by atoms with Crippen LogP contribution < -0.4 is 0 Å². The first-order valence-electron chi connectivity index (χ1n) is 5.53. The molecule has 0 aromatic heterocycles. The normalized spacial score (nSPS) is 22.0. The fourth-order valence-corrected chi connectivity index (χ4v) is 1.77. The average molecular weight is 234 g/mol. The van der Waals surface area contributed by atoms with Gasteiger partial charge < -0.3 is 9.47 Å². The Bertz CT molecular complexity index is 452. The first kappa shape index (κ1) is 11.8. The number of rotatable bonds is 4. The first-order chi connectivity index (χ1) is 8.17. The van der Waals surface area contributed by atoms with Crippen LogP contribution in [0.4, 0.5) is 0 Å². The number of Topliss-reactive ketones (excluding diaryl/α,β-unsaturated/α-hetero) is 1. The van der Waals surface area contributed by atoms with Crippen molar-refractivity contribution < 1.29 is 19.1 Å². The van der Waals surface area contributed by atoms with Crippen LogP contribution in [0.15, 0.2) is 24.3 Å². The summed E-state index contributed by atoms with van der Waals surface area (Å²) < 4.78 is 9.96. The lowest BCUT2D eigenvalue weighted by Crippen LogP contribution is -2.06. The standard InChI is InChI=1S/C13H14O4/c1-3-10(14)12-11(17-12)8-5-4-6-9(7-8)13(15)16-2/h4-7,11-12H,3H2,1-2H3. The SMILES string of the molecule is CCC(=O)C1OC1c1cccc(C(=O)OC)c1.